The average Bonchev–Trinajstić information content (AvgIpc) is 2.50. The van der Waals surface area contributed by atoms with Gasteiger partial charge in [0.2, 0.25) is 10.0 Å². The fourth-order valence-electron chi connectivity index (χ4n) is 1.80. The number of carboxylic acid groups (broad SMARTS) is 1. The highest BCUT2D eigenvalue weighted by Crippen LogP contribution is 2.14. The SMILES string of the molecule is CCCCC(NS(=O)(=O)c1cccc(C(=O)OC)c1)C(=O)O. The lowest BCUT2D eigenvalue weighted by atomic mass is 10.1. The minimum atomic E-state index is -4.04. The highest BCUT2D eigenvalue weighted by molar-refractivity contribution is 7.89. The fraction of sp³-hybridized carbons (Fsp3) is 0.429. The van der Waals surface area contributed by atoms with Gasteiger partial charge in [0.05, 0.1) is 17.6 Å². The maximum absolute atomic E-state index is 12.2. The average molecular weight is 329 g/mol. The van der Waals surface area contributed by atoms with Gasteiger partial charge in [0.15, 0.2) is 0 Å². The Morgan fingerprint density at radius 3 is 2.59 bits per heavy atom. The number of nitrogens with one attached hydrogen (secondary N) is 1. The van der Waals surface area contributed by atoms with Crippen LogP contribution in [0.25, 0.3) is 0 Å². The van der Waals surface area contributed by atoms with Crippen LogP contribution < -0.4 is 4.72 Å². The minimum Gasteiger partial charge on any atom is -0.480 e. The molecule has 1 aromatic carbocycles. The number of carboxylic acids is 1. The molecule has 0 spiro atoms. The molecule has 2 N–H and O–H groups in total. The number of aliphatic carboxylic acids is 1. The van der Waals surface area contributed by atoms with Crippen molar-refractivity contribution in [2.45, 2.75) is 37.1 Å². The van der Waals surface area contributed by atoms with Crippen molar-refractivity contribution in [1.29, 1.82) is 0 Å². The van der Waals surface area contributed by atoms with Gasteiger partial charge in [0, 0.05) is 0 Å². The Morgan fingerprint density at radius 1 is 1.36 bits per heavy atom. The summed E-state index contributed by atoms with van der Waals surface area (Å²) in [6.45, 7) is 1.88. The molecule has 0 saturated heterocycles. The van der Waals surface area contributed by atoms with Crippen LogP contribution in [0.15, 0.2) is 29.2 Å². The molecule has 1 unspecified atom stereocenters. The van der Waals surface area contributed by atoms with Crippen LogP contribution in [0.4, 0.5) is 0 Å². The van der Waals surface area contributed by atoms with E-state index in [9.17, 15) is 18.0 Å². The molecule has 0 radical (unpaired) electrons. The maximum atomic E-state index is 12.2. The highest BCUT2D eigenvalue weighted by Gasteiger charge is 2.25. The minimum absolute atomic E-state index is 0.0748. The third-order valence-corrected chi connectivity index (χ3v) is 4.48. The molecule has 0 aliphatic heterocycles. The van der Waals surface area contributed by atoms with Crippen LogP contribution in [0, 0.1) is 0 Å². The Bertz CT molecular complexity index is 640. The molecule has 122 valence electrons. The summed E-state index contributed by atoms with van der Waals surface area (Å²) in [5.41, 5.74) is 0.0748. The van der Waals surface area contributed by atoms with Crippen molar-refractivity contribution in [2.24, 2.45) is 0 Å². The fourth-order valence-corrected chi connectivity index (χ4v) is 3.07. The molecule has 0 aliphatic rings. The number of benzene rings is 1. The maximum Gasteiger partial charge on any atom is 0.337 e. The van der Waals surface area contributed by atoms with Crippen LogP contribution in [0.3, 0.4) is 0 Å². The first kappa shape index (κ1) is 18.1. The summed E-state index contributed by atoms with van der Waals surface area (Å²) in [5, 5.41) is 9.09. The molecule has 7 nitrogen and oxygen atoms in total. The van der Waals surface area contributed by atoms with Crippen LogP contribution >= 0.6 is 0 Å². The zero-order valence-electron chi connectivity index (χ0n) is 12.4. The van der Waals surface area contributed by atoms with Crippen LogP contribution in [-0.4, -0.2) is 38.6 Å². The van der Waals surface area contributed by atoms with Crippen molar-refractivity contribution in [3.63, 3.8) is 0 Å². The van der Waals surface area contributed by atoms with Crippen molar-refractivity contribution in [3.05, 3.63) is 29.8 Å². The van der Waals surface area contributed by atoms with E-state index in [0.29, 0.717) is 6.42 Å². The molecule has 0 saturated carbocycles. The van der Waals surface area contributed by atoms with E-state index in [0.717, 1.165) is 12.5 Å². The molecule has 0 heterocycles. The smallest absolute Gasteiger partial charge is 0.337 e. The number of carbonyl (C=O) groups is 2. The first-order valence-electron chi connectivity index (χ1n) is 6.75. The summed E-state index contributed by atoms with van der Waals surface area (Å²) in [7, 11) is -2.85. The molecule has 8 heteroatoms. The third kappa shape index (κ3) is 4.81. The second-order valence-corrected chi connectivity index (χ2v) is 6.39. The second-order valence-electron chi connectivity index (χ2n) is 4.67. The summed E-state index contributed by atoms with van der Waals surface area (Å²) >= 11 is 0. The van der Waals surface area contributed by atoms with Gasteiger partial charge in [0.25, 0.3) is 0 Å². The van der Waals surface area contributed by atoms with E-state index in [-0.39, 0.29) is 16.9 Å². The molecule has 1 atom stereocenters. The van der Waals surface area contributed by atoms with E-state index in [4.69, 9.17) is 5.11 Å². The summed E-state index contributed by atoms with van der Waals surface area (Å²) in [6.07, 6.45) is 1.53. The Labute approximate surface area is 129 Å². The second kappa shape index (κ2) is 7.90. The van der Waals surface area contributed by atoms with E-state index < -0.39 is 28.0 Å². The number of esters is 1. The lowest BCUT2D eigenvalue weighted by Crippen LogP contribution is -2.40. The van der Waals surface area contributed by atoms with Crippen molar-refractivity contribution >= 4 is 22.0 Å². The van der Waals surface area contributed by atoms with Gasteiger partial charge in [-0.3, -0.25) is 4.79 Å². The Hall–Kier alpha value is -1.93. The lowest BCUT2D eigenvalue weighted by Gasteiger charge is -2.14. The van der Waals surface area contributed by atoms with Crippen molar-refractivity contribution in [1.82, 2.24) is 4.72 Å². The van der Waals surface area contributed by atoms with Gasteiger partial charge in [-0.05, 0) is 24.6 Å². The first-order chi connectivity index (χ1) is 10.3. The normalized spacial score (nSPS) is 12.6. The number of unbranched alkanes of at least 4 members (excludes halogenated alkanes) is 1. The van der Waals surface area contributed by atoms with Gasteiger partial charge in [-0.25, -0.2) is 13.2 Å². The third-order valence-electron chi connectivity index (χ3n) is 3.01. The lowest BCUT2D eigenvalue weighted by molar-refractivity contribution is -0.139. The first-order valence-corrected chi connectivity index (χ1v) is 8.23. The molecule has 0 bridgehead atoms. The molecule has 1 rings (SSSR count). The summed E-state index contributed by atoms with van der Waals surface area (Å²) in [4.78, 5) is 22.4. The number of rotatable bonds is 8. The van der Waals surface area contributed by atoms with Crippen LogP contribution in [0.1, 0.15) is 36.5 Å². The number of hydrogen-bond acceptors (Lipinski definition) is 5. The van der Waals surface area contributed by atoms with Crippen LogP contribution in [-0.2, 0) is 19.6 Å². The molecular weight excluding hydrogens is 310 g/mol. The largest absolute Gasteiger partial charge is 0.480 e. The summed E-state index contributed by atoms with van der Waals surface area (Å²) in [6, 6.07) is 4.03. The molecular formula is C14H19NO6S. The number of hydrogen-bond donors (Lipinski definition) is 2. The summed E-state index contributed by atoms with van der Waals surface area (Å²) in [5.74, 6) is -1.90. The molecule has 0 aromatic heterocycles. The standard InChI is InChI=1S/C14H19NO6S/c1-3-4-8-12(13(16)17)15-22(19,20)11-7-5-6-10(9-11)14(18)21-2/h5-7,9,12,15H,3-4,8H2,1-2H3,(H,16,17). The topological polar surface area (TPSA) is 110 Å². The Kier molecular flexibility index (Phi) is 6.51. The van der Waals surface area contributed by atoms with Gasteiger partial charge in [-0.1, -0.05) is 25.8 Å². The quantitative estimate of drug-likeness (QED) is 0.698. The van der Waals surface area contributed by atoms with Gasteiger partial charge < -0.3 is 9.84 Å². The van der Waals surface area contributed by atoms with Gasteiger partial charge in [0.1, 0.15) is 6.04 Å². The van der Waals surface area contributed by atoms with E-state index in [1.807, 2.05) is 6.92 Å². The highest BCUT2D eigenvalue weighted by atomic mass is 32.2. The predicted molar refractivity (Wildman–Crippen MR) is 79.1 cm³/mol. The molecule has 0 aliphatic carbocycles. The van der Waals surface area contributed by atoms with Crippen molar-refractivity contribution in [3.8, 4) is 0 Å². The summed E-state index contributed by atoms with van der Waals surface area (Å²) < 4.78 is 31.2. The van der Waals surface area contributed by atoms with Gasteiger partial charge >= 0.3 is 11.9 Å². The zero-order valence-corrected chi connectivity index (χ0v) is 13.2. The molecule has 0 fully saturated rings. The monoisotopic (exact) mass is 329 g/mol. The van der Waals surface area contributed by atoms with E-state index in [1.54, 1.807) is 0 Å². The van der Waals surface area contributed by atoms with Crippen molar-refractivity contribution in [2.75, 3.05) is 7.11 Å². The molecule has 22 heavy (non-hydrogen) atoms. The predicted octanol–water partition coefficient (Wildman–Crippen LogP) is 1.39. The number of methoxy groups -OCH3 is 1. The van der Waals surface area contributed by atoms with E-state index in [2.05, 4.69) is 9.46 Å². The molecule has 0 amide bonds. The van der Waals surface area contributed by atoms with E-state index in [1.165, 1.54) is 25.3 Å². The van der Waals surface area contributed by atoms with Crippen LogP contribution in [0.2, 0.25) is 0 Å². The molecule has 1 aromatic rings. The van der Waals surface area contributed by atoms with Crippen molar-refractivity contribution < 1.29 is 27.9 Å². The zero-order chi connectivity index (χ0) is 16.8. The van der Waals surface area contributed by atoms with Gasteiger partial charge in [-0.15, -0.1) is 0 Å². The van der Waals surface area contributed by atoms with E-state index >= 15 is 0 Å². The number of carbonyl (C=O) groups excluding carboxylic acids is 1. The Balaban J connectivity index is 3.02. The Morgan fingerprint density at radius 2 is 2.05 bits per heavy atom. The van der Waals surface area contributed by atoms with Gasteiger partial charge in [-0.2, -0.15) is 4.72 Å². The van der Waals surface area contributed by atoms with Crippen LogP contribution in [0.5, 0.6) is 0 Å². The number of ether oxygens (including phenoxy) is 1. The number of sulfonamides is 1.